The molecule has 0 saturated heterocycles. The fourth-order valence-corrected chi connectivity index (χ4v) is 2.77. The average Bonchev–Trinajstić information content (AvgIpc) is 2.79. The lowest BCUT2D eigenvalue weighted by atomic mass is 10.1. The summed E-state index contributed by atoms with van der Waals surface area (Å²) in [5.74, 6) is 1.09. The Hall–Kier alpha value is -4.00. The van der Waals surface area contributed by atoms with Gasteiger partial charge in [0.2, 0.25) is 0 Å². The third kappa shape index (κ3) is 4.88. The minimum atomic E-state index is -0.346. The predicted octanol–water partition coefficient (Wildman–Crippen LogP) is 4.22. The van der Waals surface area contributed by atoms with Gasteiger partial charge in [-0.25, -0.2) is 0 Å². The van der Waals surface area contributed by atoms with Crippen LogP contribution in [0.4, 0.5) is 11.4 Å². The molecule has 7 nitrogen and oxygen atoms in total. The van der Waals surface area contributed by atoms with Crippen LogP contribution in [0.3, 0.4) is 0 Å². The van der Waals surface area contributed by atoms with E-state index in [0.717, 1.165) is 0 Å². The fourth-order valence-electron chi connectivity index (χ4n) is 2.77. The highest BCUT2D eigenvalue weighted by molar-refractivity contribution is 6.07. The lowest BCUT2D eigenvalue weighted by molar-refractivity contribution is 0.101. The van der Waals surface area contributed by atoms with Gasteiger partial charge in [-0.1, -0.05) is 0 Å². The number of rotatable bonds is 7. The van der Waals surface area contributed by atoms with Gasteiger partial charge in [0.1, 0.15) is 17.2 Å². The molecule has 0 fully saturated rings. The van der Waals surface area contributed by atoms with Crippen LogP contribution in [0.15, 0.2) is 66.7 Å². The number of hydrogen-bond acceptors (Lipinski definition) is 5. The second kappa shape index (κ2) is 9.47. The van der Waals surface area contributed by atoms with Crippen LogP contribution in [0.1, 0.15) is 20.7 Å². The van der Waals surface area contributed by atoms with Gasteiger partial charge in [-0.05, 0) is 66.7 Å². The lowest BCUT2D eigenvalue weighted by Gasteiger charge is -2.11. The SMILES string of the molecule is COc1ccc(NC(=O)c2ccc(NC(=O)c3cc(OC)ccc3OC)cc2)cc1. The first-order valence-corrected chi connectivity index (χ1v) is 9.13. The van der Waals surface area contributed by atoms with E-state index >= 15 is 0 Å². The molecule has 0 saturated carbocycles. The maximum Gasteiger partial charge on any atom is 0.259 e. The lowest BCUT2D eigenvalue weighted by Crippen LogP contribution is -2.14. The standard InChI is InChI=1S/C23H22N2O5/c1-28-18-10-8-17(9-11-18)24-22(26)15-4-6-16(7-5-15)25-23(27)20-14-19(29-2)12-13-21(20)30-3/h4-14H,1-3H3,(H,24,26)(H,25,27). The largest absolute Gasteiger partial charge is 0.497 e. The first kappa shape index (κ1) is 20.7. The van der Waals surface area contributed by atoms with Crippen LogP contribution in [-0.2, 0) is 0 Å². The van der Waals surface area contributed by atoms with Crippen LogP contribution < -0.4 is 24.8 Å². The summed E-state index contributed by atoms with van der Waals surface area (Å²) in [6.45, 7) is 0. The summed E-state index contributed by atoms with van der Waals surface area (Å²) in [4.78, 5) is 25.1. The van der Waals surface area contributed by atoms with Gasteiger partial charge in [-0.3, -0.25) is 9.59 Å². The normalized spacial score (nSPS) is 10.1. The molecule has 0 heterocycles. The van der Waals surface area contributed by atoms with Gasteiger partial charge < -0.3 is 24.8 Å². The summed E-state index contributed by atoms with van der Waals surface area (Å²) < 4.78 is 15.5. The number of benzene rings is 3. The number of hydrogen-bond donors (Lipinski definition) is 2. The second-order valence-corrected chi connectivity index (χ2v) is 6.28. The molecule has 0 aromatic heterocycles. The molecule has 0 radical (unpaired) electrons. The summed E-state index contributed by atoms with van der Waals surface area (Å²) >= 11 is 0. The molecular weight excluding hydrogens is 384 g/mol. The van der Waals surface area contributed by atoms with Crippen molar-refractivity contribution in [3.63, 3.8) is 0 Å². The van der Waals surface area contributed by atoms with Crippen LogP contribution in [0.25, 0.3) is 0 Å². The number of amides is 2. The summed E-state index contributed by atoms with van der Waals surface area (Å²) in [5, 5.41) is 5.60. The Kier molecular flexibility index (Phi) is 6.54. The Morgan fingerprint density at radius 3 is 1.73 bits per heavy atom. The van der Waals surface area contributed by atoms with E-state index in [0.29, 0.717) is 39.8 Å². The molecule has 0 unspecified atom stereocenters. The van der Waals surface area contributed by atoms with Crippen LogP contribution >= 0.6 is 0 Å². The molecule has 3 aromatic rings. The zero-order valence-electron chi connectivity index (χ0n) is 16.9. The van der Waals surface area contributed by atoms with Gasteiger partial charge in [0.05, 0.1) is 26.9 Å². The van der Waals surface area contributed by atoms with Crippen molar-refractivity contribution in [1.82, 2.24) is 0 Å². The number of carbonyl (C=O) groups is 2. The summed E-state index contributed by atoms with van der Waals surface area (Å²) in [6.07, 6.45) is 0. The van der Waals surface area contributed by atoms with Gasteiger partial charge >= 0.3 is 0 Å². The van der Waals surface area contributed by atoms with E-state index in [-0.39, 0.29) is 11.8 Å². The van der Waals surface area contributed by atoms with E-state index in [1.165, 1.54) is 14.2 Å². The molecular formula is C23H22N2O5. The minimum absolute atomic E-state index is 0.257. The van der Waals surface area contributed by atoms with Crippen LogP contribution in [0.2, 0.25) is 0 Å². The van der Waals surface area contributed by atoms with Gasteiger partial charge in [-0.15, -0.1) is 0 Å². The van der Waals surface area contributed by atoms with Crippen molar-refractivity contribution < 1.29 is 23.8 Å². The molecule has 7 heteroatoms. The number of methoxy groups -OCH3 is 3. The maximum atomic E-state index is 12.6. The van der Waals surface area contributed by atoms with E-state index in [1.807, 2.05) is 0 Å². The monoisotopic (exact) mass is 406 g/mol. The van der Waals surface area contributed by atoms with E-state index in [1.54, 1.807) is 73.8 Å². The topological polar surface area (TPSA) is 85.9 Å². The highest BCUT2D eigenvalue weighted by atomic mass is 16.5. The number of anilines is 2. The Labute approximate surface area is 174 Å². The van der Waals surface area contributed by atoms with Crippen LogP contribution in [-0.4, -0.2) is 33.1 Å². The molecule has 30 heavy (non-hydrogen) atoms. The number of ether oxygens (including phenoxy) is 3. The minimum Gasteiger partial charge on any atom is -0.497 e. The average molecular weight is 406 g/mol. The van der Waals surface area contributed by atoms with E-state index in [2.05, 4.69) is 10.6 Å². The number of nitrogens with one attached hydrogen (secondary N) is 2. The highest BCUT2D eigenvalue weighted by Gasteiger charge is 2.14. The Morgan fingerprint density at radius 1 is 0.633 bits per heavy atom. The molecule has 154 valence electrons. The molecule has 0 aliphatic heterocycles. The van der Waals surface area contributed by atoms with Crippen molar-refractivity contribution in [3.05, 3.63) is 77.9 Å². The summed E-state index contributed by atoms with van der Waals surface area (Å²) in [5.41, 5.74) is 2.01. The molecule has 0 aliphatic carbocycles. The first-order valence-electron chi connectivity index (χ1n) is 9.13. The zero-order chi connectivity index (χ0) is 21.5. The predicted molar refractivity (Wildman–Crippen MR) is 115 cm³/mol. The Bertz CT molecular complexity index is 1030. The molecule has 0 atom stereocenters. The molecule has 3 aromatic carbocycles. The van der Waals surface area contributed by atoms with Crippen molar-refractivity contribution in [2.45, 2.75) is 0 Å². The van der Waals surface area contributed by atoms with E-state index in [4.69, 9.17) is 14.2 Å². The maximum absolute atomic E-state index is 12.6. The molecule has 0 bridgehead atoms. The van der Waals surface area contributed by atoms with Gasteiger partial charge in [0.15, 0.2) is 0 Å². The van der Waals surface area contributed by atoms with Gasteiger partial charge in [-0.2, -0.15) is 0 Å². The quantitative estimate of drug-likeness (QED) is 0.614. The summed E-state index contributed by atoms with van der Waals surface area (Å²) in [6, 6.07) is 18.6. The van der Waals surface area contributed by atoms with Gasteiger partial charge in [0, 0.05) is 16.9 Å². The van der Waals surface area contributed by atoms with Crippen molar-refractivity contribution in [1.29, 1.82) is 0 Å². The Balaban J connectivity index is 1.68. The van der Waals surface area contributed by atoms with Crippen LogP contribution in [0.5, 0.6) is 17.2 Å². The highest BCUT2D eigenvalue weighted by Crippen LogP contribution is 2.25. The molecule has 0 spiro atoms. The smallest absolute Gasteiger partial charge is 0.259 e. The third-order valence-corrected chi connectivity index (χ3v) is 4.40. The Morgan fingerprint density at radius 2 is 1.17 bits per heavy atom. The summed E-state index contributed by atoms with van der Waals surface area (Å²) in [7, 11) is 4.60. The van der Waals surface area contributed by atoms with Crippen molar-refractivity contribution in [3.8, 4) is 17.2 Å². The van der Waals surface area contributed by atoms with E-state index < -0.39 is 0 Å². The van der Waals surface area contributed by atoms with E-state index in [9.17, 15) is 9.59 Å². The zero-order valence-corrected chi connectivity index (χ0v) is 16.9. The third-order valence-electron chi connectivity index (χ3n) is 4.40. The van der Waals surface area contributed by atoms with Crippen LogP contribution in [0, 0.1) is 0 Å². The molecule has 2 amide bonds. The second-order valence-electron chi connectivity index (χ2n) is 6.28. The van der Waals surface area contributed by atoms with Crippen molar-refractivity contribution in [2.75, 3.05) is 32.0 Å². The molecule has 0 aliphatic rings. The first-order chi connectivity index (χ1) is 14.5. The molecule has 2 N–H and O–H groups in total. The van der Waals surface area contributed by atoms with Gasteiger partial charge in [0.25, 0.3) is 11.8 Å². The fraction of sp³-hybridized carbons (Fsp3) is 0.130. The van der Waals surface area contributed by atoms with Crippen molar-refractivity contribution in [2.24, 2.45) is 0 Å². The number of carbonyl (C=O) groups excluding carboxylic acids is 2. The molecule has 3 rings (SSSR count). The van der Waals surface area contributed by atoms with Crippen molar-refractivity contribution >= 4 is 23.2 Å².